The maximum atomic E-state index is 12.0. The molecule has 0 radical (unpaired) electrons. The van der Waals surface area contributed by atoms with Crippen molar-refractivity contribution in [2.24, 2.45) is 5.92 Å². The molecule has 0 spiro atoms. The largest absolute Gasteiger partial charge is 0.398 e. The van der Waals surface area contributed by atoms with Gasteiger partial charge in [-0.3, -0.25) is 9.78 Å². The summed E-state index contributed by atoms with van der Waals surface area (Å²) in [4.78, 5) is 16.1. The minimum absolute atomic E-state index is 0.106. The zero-order valence-electron chi connectivity index (χ0n) is 10.9. The molecule has 1 amide bonds. The Hall–Kier alpha value is -1.58. The number of amides is 1. The van der Waals surface area contributed by atoms with E-state index in [9.17, 15) is 4.79 Å². The highest BCUT2D eigenvalue weighted by molar-refractivity contribution is 5.98. The number of carbonyl (C=O) groups excluding carboxylic acids is 1. The molecule has 18 heavy (non-hydrogen) atoms. The van der Waals surface area contributed by atoms with E-state index in [1.165, 1.54) is 32.1 Å². The molecule has 0 unspecified atom stereocenters. The molecule has 1 fully saturated rings. The number of nitrogens with one attached hydrogen (secondary N) is 1. The summed E-state index contributed by atoms with van der Waals surface area (Å²) in [6, 6.07) is 1.73. The van der Waals surface area contributed by atoms with Gasteiger partial charge in [-0.15, -0.1) is 0 Å². The summed E-state index contributed by atoms with van der Waals surface area (Å²) in [5.41, 5.74) is 7.65. The van der Waals surface area contributed by atoms with Gasteiger partial charge in [-0.2, -0.15) is 0 Å². The van der Waals surface area contributed by atoms with Gasteiger partial charge in [0.05, 0.1) is 5.56 Å². The molecule has 0 bridgehead atoms. The Labute approximate surface area is 108 Å². The Morgan fingerprint density at radius 2 is 2.17 bits per heavy atom. The summed E-state index contributed by atoms with van der Waals surface area (Å²) in [5, 5.41) is 2.97. The van der Waals surface area contributed by atoms with Crippen LogP contribution in [0.3, 0.4) is 0 Å². The predicted octanol–water partition coefficient (Wildman–Crippen LogP) is 2.28. The van der Waals surface area contributed by atoms with Crippen molar-refractivity contribution >= 4 is 11.6 Å². The van der Waals surface area contributed by atoms with Crippen molar-refractivity contribution in [3.05, 3.63) is 23.5 Å². The molecule has 1 saturated carbocycles. The molecule has 4 heteroatoms. The molecule has 4 nitrogen and oxygen atoms in total. The topological polar surface area (TPSA) is 68.0 Å². The molecule has 0 aromatic carbocycles. The van der Waals surface area contributed by atoms with E-state index >= 15 is 0 Å². The second-order valence-electron chi connectivity index (χ2n) is 5.13. The first-order chi connectivity index (χ1) is 8.66. The van der Waals surface area contributed by atoms with Gasteiger partial charge in [-0.25, -0.2) is 0 Å². The highest BCUT2D eigenvalue weighted by Gasteiger charge is 2.16. The molecule has 1 heterocycles. The SMILES string of the molecule is Cc1cc(N)c(C(=O)NCC2CCCCC2)cn1. The standard InChI is InChI=1S/C14H21N3O/c1-10-7-13(15)12(9-16-10)14(18)17-8-11-5-3-2-4-6-11/h7,9,11H,2-6,8H2,1H3,(H2,15,16)(H,17,18). The quantitative estimate of drug-likeness (QED) is 0.861. The average Bonchev–Trinajstić information content (AvgIpc) is 2.37. The van der Waals surface area contributed by atoms with Crippen molar-refractivity contribution in [2.75, 3.05) is 12.3 Å². The van der Waals surface area contributed by atoms with Gasteiger partial charge in [-0.05, 0) is 31.7 Å². The van der Waals surface area contributed by atoms with Crippen LogP contribution >= 0.6 is 0 Å². The van der Waals surface area contributed by atoms with Crippen molar-refractivity contribution in [1.29, 1.82) is 0 Å². The van der Waals surface area contributed by atoms with E-state index in [4.69, 9.17) is 5.73 Å². The highest BCUT2D eigenvalue weighted by Crippen LogP contribution is 2.23. The normalized spacial score (nSPS) is 16.5. The van der Waals surface area contributed by atoms with Gasteiger partial charge in [0.15, 0.2) is 0 Å². The Balaban J connectivity index is 1.90. The van der Waals surface area contributed by atoms with E-state index in [-0.39, 0.29) is 5.91 Å². The van der Waals surface area contributed by atoms with Crippen LogP contribution in [-0.4, -0.2) is 17.4 Å². The van der Waals surface area contributed by atoms with E-state index in [0.717, 1.165) is 12.2 Å². The van der Waals surface area contributed by atoms with Gasteiger partial charge in [0, 0.05) is 24.1 Å². The molecule has 1 aliphatic rings. The monoisotopic (exact) mass is 247 g/mol. The molecule has 2 rings (SSSR count). The number of nitrogen functional groups attached to an aromatic ring is 1. The molecule has 98 valence electrons. The summed E-state index contributed by atoms with van der Waals surface area (Å²) in [6.45, 7) is 2.62. The summed E-state index contributed by atoms with van der Waals surface area (Å²) in [5.74, 6) is 0.521. The van der Waals surface area contributed by atoms with E-state index in [0.29, 0.717) is 17.2 Å². The number of aromatic nitrogens is 1. The Kier molecular flexibility index (Phi) is 4.18. The van der Waals surface area contributed by atoms with Crippen LogP contribution in [0.15, 0.2) is 12.3 Å². The summed E-state index contributed by atoms with van der Waals surface area (Å²) in [6.07, 6.45) is 7.91. The molecular weight excluding hydrogens is 226 g/mol. The third kappa shape index (κ3) is 3.22. The van der Waals surface area contributed by atoms with Crippen LogP contribution < -0.4 is 11.1 Å². The number of rotatable bonds is 3. The smallest absolute Gasteiger partial charge is 0.254 e. The maximum Gasteiger partial charge on any atom is 0.254 e. The molecule has 0 saturated heterocycles. The zero-order valence-corrected chi connectivity index (χ0v) is 10.9. The number of carbonyl (C=O) groups is 1. The Morgan fingerprint density at radius 1 is 1.44 bits per heavy atom. The van der Waals surface area contributed by atoms with Gasteiger partial charge >= 0.3 is 0 Å². The number of aryl methyl sites for hydroxylation is 1. The van der Waals surface area contributed by atoms with Crippen molar-refractivity contribution in [3.8, 4) is 0 Å². The van der Waals surface area contributed by atoms with Crippen LogP contribution in [0.4, 0.5) is 5.69 Å². The van der Waals surface area contributed by atoms with Crippen molar-refractivity contribution in [2.45, 2.75) is 39.0 Å². The van der Waals surface area contributed by atoms with Crippen LogP contribution in [0.2, 0.25) is 0 Å². The van der Waals surface area contributed by atoms with E-state index < -0.39 is 0 Å². The number of hydrogen-bond acceptors (Lipinski definition) is 3. The lowest BCUT2D eigenvalue weighted by Crippen LogP contribution is -2.30. The first-order valence-corrected chi connectivity index (χ1v) is 6.67. The summed E-state index contributed by atoms with van der Waals surface area (Å²) >= 11 is 0. The predicted molar refractivity (Wildman–Crippen MR) is 72.3 cm³/mol. The van der Waals surface area contributed by atoms with Crippen LogP contribution in [-0.2, 0) is 0 Å². The number of pyridine rings is 1. The third-order valence-electron chi connectivity index (χ3n) is 3.59. The molecule has 1 aliphatic carbocycles. The number of nitrogens with two attached hydrogens (primary N) is 1. The second-order valence-corrected chi connectivity index (χ2v) is 5.13. The van der Waals surface area contributed by atoms with Gasteiger partial charge in [0.25, 0.3) is 5.91 Å². The van der Waals surface area contributed by atoms with Gasteiger partial charge in [0.2, 0.25) is 0 Å². The van der Waals surface area contributed by atoms with Gasteiger partial charge in [0.1, 0.15) is 0 Å². The van der Waals surface area contributed by atoms with Crippen LogP contribution in [0.5, 0.6) is 0 Å². The second kappa shape index (κ2) is 5.85. The molecule has 0 atom stereocenters. The number of anilines is 1. The average molecular weight is 247 g/mol. The van der Waals surface area contributed by atoms with Crippen LogP contribution in [0.1, 0.15) is 48.2 Å². The minimum Gasteiger partial charge on any atom is -0.398 e. The molecule has 0 aliphatic heterocycles. The lowest BCUT2D eigenvalue weighted by molar-refractivity contribution is 0.0944. The number of hydrogen-bond donors (Lipinski definition) is 2. The van der Waals surface area contributed by atoms with Gasteiger partial charge in [-0.1, -0.05) is 19.3 Å². The van der Waals surface area contributed by atoms with Crippen molar-refractivity contribution < 1.29 is 4.79 Å². The lowest BCUT2D eigenvalue weighted by atomic mass is 9.89. The molecule has 3 N–H and O–H groups in total. The van der Waals surface area contributed by atoms with E-state index in [1.807, 2.05) is 6.92 Å². The van der Waals surface area contributed by atoms with Crippen molar-refractivity contribution in [3.63, 3.8) is 0 Å². The summed E-state index contributed by atoms with van der Waals surface area (Å²) in [7, 11) is 0. The maximum absolute atomic E-state index is 12.0. The third-order valence-corrected chi connectivity index (χ3v) is 3.59. The molecule has 1 aromatic heterocycles. The Morgan fingerprint density at radius 3 is 2.83 bits per heavy atom. The minimum atomic E-state index is -0.106. The van der Waals surface area contributed by atoms with Crippen LogP contribution in [0.25, 0.3) is 0 Å². The Bertz CT molecular complexity index is 425. The zero-order chi connectivity index (χ0) is 13.0. The van der Waals surface area contributed by atoms with Gasteiger partial charge < -0.3 is 11.1 Å². The lowest BCUT2D eigenvalue weighted by Gasteiger charge is -2.21. The first-order valence-electron chi connectivity index (χ1n) is 6.67. The van der Waals surface area contributed by atoms with Crippen LogP contribution in [0, 0.1) is 12.8 Å². The first kappa shape index (κ1) is 12.9. The van der Waals surface area contributed by atoms with E-state index in [2.05, 4.69) is 10.3 Å². The fourth-order valence-corrected chi connectivity index (χ4v) is 2.49. The molecular formula is C14H21N3O. The summed E-state index contributed by atoms with van der Waals surface area (Å²) < 4.78 is 0. The fourth-order valence-electron chi connectivity index (χ4n) is 2.49. The fraction of sp³-hybridized carbons (Fsp3) is 0.571. The van der Waals surface area contributed by atoms with E-state index in [1.54, 1.807) is 12.3 Å². The van der Waals surface area contributed by atoms with Crippen molar-refractivity contribution in [1.82, 2.24) is 10.3 Å². The highest BCUT2D eigenvalue weighted by atomic mass is 16.1. The molecule has 1 aromatic rings. The number of nitrogens with zero attached hydrogens (tertiary/aromatic N) is 1.